The van der Waals surface area contributed by atoms with E-state index in [1.807, 2.05) is 0 Å². The van der Waals surface area contributed by atoms with Crippen molar-refractivity contribution in [2.24, 2.45) is 0 Å². The van der Waals surface area contributed by atoms with E-state index in [2.05, 4.69) is 15.9 Å². The van der Waals surface area contributed by atoms with Crippen molar-refractivity contribution < 1.29 is 9.53 Å². The molecule has 0 heterocycles. The molecule has 88 valence electrons. The van der Waals surface area contributed by atoms with Gasteiger partial charge in [-0.2, -0.15) is 0 Å². The van der Waals surface area contributed by atoms with E-state index in [4.69, 9.17) is 16.3 Å². The minimum absolute atomic E-state index is 0.297. The number of ether oxygens (including phenoxy) is 1. The number of hydrogen-bond donors (Lipinski definition) is 0. The lowest BCUT2D eigenvalue weighted by Gasteiger charge is -2.09. The Hall–Kier alpha value is -0.540. The first-order valence-corrected chi connectivity index (χ1v) is 6.71. The molecule has 0 saturated heterocycles. The first-order chi connectivity index (χ1) is 7.70. The highest BCUT2D eigenvalue weighted by Crippen LogP contribution is 2.22. The number of benzene rings is 1. The largest absolute Gasteiger partial charge is 0.462 e. The maximum atomic E-state index is 11.7. The van der Waals surface area contributed by atoms with E-state index >= 15 is 0 Å². The van der Waals surface area contributed by atoms with Crippen LogP contribution in [-0.4, -0.2) is 17.9 Å². The average Bonchev–Trinajstić information content (AvgIpc) is 2.27. The minimum atomic E-state index is -0.297. The highest BCUT2D eigenvalue weighted by molar-refractivity contribution is 9.09. The smallest absolute Gasteiger partial charge is 0.338 e. The fourth-order valence-corrected chi connectivity index (χ4v) is 2.01. The SMILES string of the molecule is CCOC(=O)c1cccc(Cl)c1CCCBr. The average molecular weight is 306 g/mol. The molecule has 0 N–H and O–H groups in total. The van der Waals surface area contributed by atoms with Crippen LogP contribution in [0.2, 0.25) is 5.02 Å². The molecule has 0 aliphatic heterocycles. The molecule has 1 aromatic carbocycles. The first kappa shape index (κ1) is 13.5. The zero-order valence-corrected chi connectivity index (χ0v) is 11.5. The quantitative estimate of drug-likeness (QED) is 0.610. The summed E-state index contributed by atoms with van der Waals surface area (Å²) in [5, 5.41) is 1.52. The van der Waals surface area contributed by atoms with E-state index in [1.165, 1.54) is 0 Å². The third kappa shape index (κ3) is 3.49. The predicted molar refractivity (Wildman–Crippen MR) is 69.5 cm³/mol. The van der Waals surface area contributed by atoms with Crippen LogP contribution in [0.3, 0.4) is 0 Å². The molecular weight excluding hydrogens is 291 g/mol. The Labute approximate surface area is 109 Å². The van der Waals surface area contributed by atoms with Gasteiger partial charge in [-0.1, -0.05) is 33.6 Å². The monoisotopic (exact) mass is 304 g/mol. The van der Waals surface area contributed by atoms with Gasteiger partial charge in [-0.25, -0.2) is 4.79 Å². The molecule has 0 saturated carbocycles. The Morgan fingerprint density at radius 3 is 2.88 bits per heavy atom. The molecule has 0 radical (unpaired) electrons. The fraction of sp³-hybridized carbons (Fsp3) is 0.417. The molecule has 1 rings (SSSR count). The Morgan fingerprint density at radius 2 is 2.25 bits per heavy atom. The van der Waals surface area contributed by atoms with Gasteiger partial charge < -0.3 is 4.74 Å². The summed E-state index contributed by atoms with van der Waals surface area (Å²) < 4.78 is 4.99. The summed E-state index contributed by atoms with van der Waals surface area (Å²) in [6.45, 7) is 2.17. The number of carbonyl (C=O) groups excluding carboxylic acids is 1. The summed E-state index contributed by atoms with van der Waals surface area (Å²) in [5.41, 5.74) is 1.46. The zero-order valence-electron chi connectivity index (χ0n) is 9.13. The molecular formula is C12H14BrClO2. The summed E-state index contributed by atoms with van der Waals surface area (Å²) in [7, 11) is 0. The molecule has 1 aromatic rings. The molecule has 0 spiro atoms. The maximum absolute atomic E-state index is 11.7. The molecule has 0 aromatic heterocycles. The standard InChI is InChI=1S/C12H14BrClO2/c1-2-16-12(15)10-5-3-7-11(14)9(10)6-4-8-13/h3,5,7H,2,4,6,8H2,1H3. The summed E-state index contributed by atoms with van der Waals surface area (Å²) in [5.74, 6) is -0.297. The Kier molecular flexibility index (Phi) is 5.85. The van der Waals surface area contributed by atoms with Gasteiger partial charge in [-0.15, -0.1) is 0 Å². The van der Waals surface area contributed by atoms with Crippen molar-refractivity contribution >= 4 is 33.5 Å². The third-order valence-electron chi connectivity index (χ3n) is 2.17. The van der Waals surface area contributed by atoms with E-state index in [9.17, 15) is 4.79 Å². The van der Waals surface area contributed by atoms with Crippen LogP contribution in [0.25, 0.3) is 0 Å². The molecule has 0 amide bonds. The lowest BCUT2D eigenvalue weighted by molar-refractivity contribution is 0.0525. The van der Waals surface area contributed by atoms with E-state index in [0.29, 0.717) is 17.2 Å². The van der Waals surface area contributed by atoms with Crippen molar-refractivity contribution in [2.45, 2.75) is 19.8 Å². The Balaban J connectivity index is 2.97. The van der Waals surface area contributed by atoms with E-state index in [1.54, 1.807) is 25.1 Å². The van der Waals surface area contributed by atoms with Crippen molar-refractivity contribution in [3.05, 3.63) is 34.3 Å². The third-order valence-corrected chi connectivity index (χ3v) is 3.09. The van der Waals surface area contributed by atoms with Crippen LogP contribution in [0.4, 0.5) is 0 Å². The molecule has 0 aliphatic rings. The van der Waals surface area contributed by atoms with E-state index < -0.39 is 0 Å². The Bertz CT molecular complexity index is 366. The maximum Gasteiger partial charge on any atom is 0.338 e. The molecule has 2 nitrogen and oxygen atoms in total. The van der Waals surface area contributed by atoms with Crippen molar-refractivity contribution in [3.63, 3.8) is 0 Å². The van der Waals surface area contributed by atoms with Crippen molar-refractivity contribution in [1.82, 2.24) is 0 Å². The number of halogens is 2. The molecule has 0 atom stereocenters. The topological polar surface area (TPSA) is 26.3 Å². The normalized spacial score (nSPS) is 10.2. The van der Waals surface area contributed by atoms with Gasteiger partial charge in [0.1, 0.15) is 0 Å². The number of hydrogen-bond acceptors (Lipinski definition) is 2. The lowest BCUT2D eigenvalue weighted by Crippen LogP contribution is -2.08. The highest BCUT2D eigenvalue weighted by Gasteiger charge is 2.14. The van der Waals surface area contributed by atoms with Crippen LogP contribution in [0.1, 0.15) is 29.3 Å². The van der Waals surface area contributed by atoms with Gasteiger partial charge in [-0.3, -0.25) is 0 Å². The summed E-state index contributed by atoms with van der Waals surface area (Å²) in [4.78, 5) is 11.7. The number of rotatable bonds is 5. The highest BCUT2D eigenvalue weighted by atomic mass is 79.9. The van der Waals surface area contributed by atoms with E-state index in [0.717, 1.165) is 23.7 Å². The van der Waals surface area contributed by atoms with Gasteiger partial charge in [0.2, 0.25) is 0 Å². The molecule has 0 unspecified atom stereocenters. The second-order valence-electron chi connectivity index (χ2n) is 3.28. The summed E-state index contributed by atoms with van der Waals surface area (Å²) in [6.07, 6.45) is 1.72. The van der Waals surface area contributed by atoms with Crippen molar-refractivity contribution in [2.75, 3.05) is 11.9 Å². The van der Waals surface area contributed by atoms with Crippen LogP contribution < -0.4 is 0 Å². The molecule has 16 heavy (non-hydrogen) atoms. The van der Waals surface area contributed by atoms with Crippen LogP contribution in [0.5, 0.6) is 0 Å². The van der Waals surface area contributed by atoms with Crippen molar-refractivity contribution in [1.29, 1.82) is 0 Å². The van der Waals surface area contributed by atoms with Gasteiger partial charge in [0.15, 0.2) is 0 Å². The second-order valence-corrected chi connectivity index (χ2v) is 4.48. The van der Waals surface area contributed by atoms with Gasteiger partial charge in [-0.05, 0) is 37.5 Å². The van der Waals surface area contributed by atoms with Gasteiger partial charge >= 0.3 is 5.97 Å². The summed E-state index contributed by atoms with van der Waals surface area (Å²) >= 11 is 9.45. The minimum Gasteiger partial charge on any atom is -0.462 e. The van der Waals surface area contributed by atoms with Crippen LogP contribution in [0, 0.1) is 0 Å². The Morgan fingerprint density at radius 1 is 1.50 bits per heavy atom. The molecule has 4 heteroatoms. The number of alkyl halides is 1. The van der Waals surface area contributed by atoms with Gasteiger partial charge in [0.25, 0.3) is 0 Å². The molecule has 0 fully saturated rings. The number of carbonyl (C=O) groups is 1. The second kappa shape index (κ2) is 6.92. The first-order valence-electron chi connectivity index (χ1n) is 5.21. The summed E-state index contributed by atoms with van der Waals surface area (Å²) in [6, 6.07) is 5.33. The fourth-order valence-electron chi connectivity index (χ4n) is 1.46. The lowest BCUT2D eigenvalue weighted by atomic mass is 10.0. The van der Waals surface area contributed by atoms with Gasteiger partial charge in [0.05, 0.1) is 12.2 Å². The van der Waals surface area contributed by atoms with Crippen molar-refractivity contribution in [3.8, 4) is 0 Å². The van der Waals surface area contributed by atoms with E-state index in [-0.39, 0.29) is 5.97 Å². The zero-order chi connectivity index (χ0) is 12.0. The predicted octanol–water partition coefficient (Wildman–Crippen LogP) is 3.84. The number of esters is 1. The van der Waals surface area contributed by atoms with Crippen LogP contribution in [-0.2, 0) is 11.2 Å². The molecule has 0 bridgehead atoms. The molecule has 0 aliphatic carbocycles. The van der Waals surface area contributed by atoms with Crippen LogP contribution in [0.15, 0.2) is 18.2 Å². The van der Waals surface area contributed by atoms with Crippen LogP contribution >= 0.6 is 27.5 Å². The van der Waals surface area contributed by atoms with Gasteiger partial charge in [0, 0.05) is 10.4 Å².